The van der Waals surface area contributed by atoms with Crippen LogP contribution in [0.1, 0.15) is 24.8 Å². The number of hydrogen-bond donors (Lipinski definition) is 4. The number of anilines is 1. The first-order chi connectivity index (χ1) is 15.4. The van der Waals surface area contributed by atoms with Gasteiger partial charge >= 0.3 is 0 Å². The number of amides is 1. The van der Waals surface area contributed by atoms with Crippen LogP contribution in [0.2, 0.25) is 5.02 Å². The first kappa shape index (κ1) is 22.1. The molecule has 0 spiro atoms. The summed E-state index contributed by atoms with van der Waals surface area (Å²) in [5.41, 5.74) is 9.38. The highest BCUT2D eigenvalue weighted by atomic mass is 35.5. The average Bonchev–Trinajstić information content (AvgIpc) is 3.36. The molecule has 5 N–H and O–H groups in total. The van der Waals surface area contributed by atoms with Gasteiger partial charge in [-0.1, -0.05) is 48.0 Å². The molecule has 0 radical (unpaired) electrons. The lowest BCUT2D eigenvalue weighted by Crippen LogP contribution is -2.32. The largest absolute Gasteiger partial charge is 0.385 e. The standard InChI is InChI=1S/C25H26ClFN4O/c1-30-24(29)22(25(32)31-19-7-8-21(27)20(26)13-19)23(28)18-11-16-9-15(10-17(16)12-18)14-5-3-2-4-6-14/h2-9,13,16-18,28,30H,10-12,29H2,1H3,(H,31,32)/b24-22+,28-23?. The average molecular weight is 453 g/mol. The van der Waals surface area contributed by atoms with E-state index in [4.69, 9.17) is 22.7 Å². The summed E-state index contributed by atoms with van der Waals surface area (Å²) in [5, 5.41) is 14.2. The van der Waals surface area contributed by atoms with Crippen LogP contribution in [0.5, 0.6) is 0 Å². The van der Waals surface area contributed by atoms with E-state index in [0.717, 1.165) is 19.3 Å². The van der Waals surface area contributed by atoms with Gasteiger partial charge in [0.15, 0.2) is 0 Å². The van der Waals surface area contributed by atoms with Crippen molar-refractivity contribution in [2.45, 2.75) is 19.3 Å². The van der Waals surface area contributed by atoms with Crippen LogP contribution in [0, 0.1) is 29.0 Å². The van der Waals surface area contributed by atoms with Gasteiger partial charge in [-0.2, -0.15) is 0 Å². The van der Waals surface area contributed by atoms with Gasteiger partial charge in [0.1, 0.15) is 17.2 Å². The Morgan fingerprint density at radius 1 is 1.19 bits per heavy atom. The van der Waals surface area contributed by atoms with Crippen molar-refractivity contribution in [3.05, 3.63) is 82.4 Å². The number of rotatable bonds is 6. The van der Waals surface area contributed by atoms with Crippen molar-refractivity contribution < 1.29 is 9.18 Å². The van der Waals surface area contributed by atoms with Gasteiger partial charge < -0.3 is 21.8 Å². The lowest BCUT2D eigenvalue weighted by Gasteiger charge is -2.18. The van der Waals surface area contributed by atoms with Crippen LogP contribution in [0.4, 0.5) is 10.1 Å². The summed E-state index contributed by atoms with van der Waals surface area (Å²) in [4.78, 5) is 13.0. The van der Waals surface area contributed by atoms with E-state index in [0.29, 0.717) is 17.5 Å². The zero-order valence-corrected chi connectivity index (χ0v) is 18.5. The first-order valence-corrected chi connectivity index (χ1v) is 11.0. The van der Waals surface area contributed by atoms with E-state index in [-0.39, 0.29) is 28.0 Å². The summed E-state index contributed by atoms with van der Waals surface area (Å²) in [6.07, 6.45) is 4.97. The third-order valence-corrected chi connectivity index (χ3v) is 6.70. The Bertz CT molecular complexity index is 1110. The minimum absolute atomic E-state index is 0.0528. The summed E-state index contributed by atoms with van der Waals surface area (Å²) in [5.74, 6) is -0.134. The van der Waals surface area contributed by atoms with Gasteiger partial charge in [-0.05, 0) is 60.4 Å². The molecule has 5 nitrogen and oxygen atoms in total. The van der Waals surface area contributed by atoms with Crippen molar-refractivity contribution in [3.8, 4) is 0 Å². The molecule has 0 aliphatic heterocycles. The molecule has 0 saturated heterocycles. The molecule has 1 saturated carbocycles. The Morgan fingerprint density at radius 2 is 1.94 bits per heavy atom. The maximum Gasteiger partial charge on any atom is 0.261 e. The molecule has 0 aromatic heterocycles. The Morgan fingerprint density at radius 3 is 2.59 bits per heavy atom. The van der Waals surface area contributed by atoms with Crippen molar-refractivity contribution in [2.75, 3.05) is 12.4 Å². The quantitative estimate of drug-likeness (QED) is 0.369. The topological polar surface area (TPSA) is 91.0 Å². The number of benzene rings is 2. The van der Waals surface area contributed by atoms with Gasteiger partial charge in [-0.25, -0.2) is 4.39 Å². The molecule has 2 aliphatic carbocycles. The molecule has 3 unspecified atom stereocenters. The van der Waals surface area contributed by atoms with Gasteiger partial charge in [-0.3, -0.25) is 4.79 Å². The lowest BCUT2D eigenvalue weighted by molar-refractivity contribution is -0.112. The highest BCUT2D eigenvalue weighted by Crippen LogP contribution is 2.49. The second-order valence-electron chi connectivity index (χ2n) is 8.39. The van der Waals surface area contributed by atoms with E-state index in [1.165, 1.54) is 29.3 Å². The highest BCUT2D eigenvalue weighted by molar-refractivity contribution is 6.31. The number of carbonyl (C=O) groups excluding carboxylic acids is 1. The molecule has 32 heavy (non-hydrogen) atoms. The maximum atomic E-state index is 13.4. The van der Waals surface area contributed by atoms with Crippen LogP contribution in [-0.4, -0.2) is 18.7 Å². The Hall–Kier alpha value is -3.12. The fraction of sp³-hybridized carbons (Fsp3) is 0.280. The van der Waals surface area contributed by atoms with Gasteiger partial charge in [0.05, 0.1) is 10.7 Å². The molecule has 2 aliphatic rings. The number of halogens is 2. The molecule has 2 aromatic rings. The van der Waals surface area contributed by atoms with Crippen molar-refractivity contribution in [3.63, 3.8) is 0 Å². The third-order valence-electron chi connectivity index (χ3n) is 6.41. The molecule has 0 bridgehead atoms. The normalized spacial score (nSPS) is 22.6. The summed E-state index contributed by atoms with van der Waals surface area (Å²) in [6.45, 7) is 0. The van der Waals surface area contributed by atoms with Crippen LogP contribution in [0.3, 0.4) is 0 Å². The van der Waals surface area contributed by atoms with E-state index in [1.807, 2.05) is 18.2 Å². The van der Waals surface area contributed by atoms with Crippen molar-refractivity contribution >= 4 is 34.5 Å². The molecule has 3 atom stereocenters. The minimum Gasteiger partial charge on any atom is -0.385 e. The van der Waals surface area contributed by atoms with E-state index >= 15 is 0 Å². The van der Waals surface area contributed by atoms with Crippen LogP contribution >= 0.6 is 11.6 Å². The predicted octanol–water partition coefficient (Wildman–Crippen LogP) is 4.96. The predicted molar refractivity (Wildman–Crippen MR) is 127 cm³/mol. The fourth-order valence-electron chi connectivity index (χ4n) is 4.79. The maximum absolute atomic E-state index is 13.4. The van der Waals surface area contributed by atoms with Gasteiger partial charge in [0.25, 0.3) is 5.91 Å². The number of nitrogens with two attached hydrogens (primary N) is 1. The molecule has 166 valence electrons. The van der Waals surface area contributed by atoms with Crippen LogP contribution in [-0.2, 0) is 4.79 Å². The smallest absolute Gasteiger partial charge is 0.261 e. The zero-order valence-electron chi connectivity index (χ0n) is 17.8. The van der Waals surface area contributed by atoms with Gasteiger partial charge in [0, 0.05) is 18.7 Å². The van der Waals surface area contributed by atoms with E-state index < -0.39 is 11.7 Å². The highest BCUT2D eigenvalue weighted by Gasteiger charge is 2.40. The molecule has 4 rings (SSSR count). The molecule has 0 heterocycles. The van der Waals surface area contributed by atoms with Crippen molar-refractivity contribution in [2.24, 2.45) is 23.5 Å². The Balaban J connectivity index is 1.49. The molecule has 2 aromatic carbocycles. The monoisotopic (exact) mass is 452 g/mol. The fourth-order valence-corrected chi connectivity index (χ4v) is 4.97. The number of carbonyl (C=O) groups is 1. The van der Waals surface area contributed by atoms with Crippen LogP contribution < -0.4 is 16.4 Å². The van der Waals surface area contributed by atoms with E-state index in [9.17, 15) is 9.18 Å². The molecular weight excluding hydrogens is 427 g/mol. The van der Waals surface area contributed by atoms with E-state index in [1.54, 1.807) is 7.05 Å². The summed E-state index contributed by atoms with van der Waals surface area (Å²) >= 11 is 5.82. The second kappa shape index (κ2) is 9.17. The summed E-state index contributed by atoms with van der Waals surface area (Å²) in [6, 6.07) is 14.3. The van der Waals surface area contributed by atoms with Gasteiger partial charge in [0.2, 0.25) is 0 Å². The van der Waals surface area contributed by atoms with Gasteiger partial charge in [-0.15, -0.1) is 0 Å². The van der Waals surface area contributed by atoms with Crippen LogP contribution in [0.25, 0.3) is 5.57 Å². The minimum atomic E-state index is -0.566. The number of allylic oxidation sites excluding steroid dienone is 2. The van der Waals surface area contributed by atoms with Crippen LogP contribution in [0.15, 0.2) is 66.0 Å². The number of fused-ring (bicyclic) bond motifs is 1. The second-order valence-corrected chi connectivity index (χ2v) is 8.80. The Kier molecular flexibility index (Phi) is 6.33. The van der Waals surface area contributed by atoms with E-state index in [2.05, 4.69) is 28.8 Å². The lowest BCUT2D eigenvalue weighted by atomic mass is 9.91. The molecular formula is C25H26ClFN4O. The summed E-state index contributed by atoms with van der Waals surface area (Å²) < 4.78 is 13.4. The third kappa shape index (κ3) is 4.41. The van der Waals surface area contributed by atoms with Crippen molar-refractivity contribution in [1.82, 2.24) is 5.32 Å². The Labute approximate surface area is 192 Å². The SMILES string of the molecule is CN/C(N)=C(\C(=N)C1CC2C=C(c3ccccc3)CC2C1)C(=O)Nc1ccc(F)c(Cl)c1. The van der Waals surface area contributed by atoms with Crippen molar-refractivity contribution in [1.29, 1.82) is 5.41 Å². The molecule has 1 amide bonds. The zero-order chi connectivity index (χ0) is 22.8. The first-order valence-electron chi connectivity index (χ1n) is 10.7. The molecule has 1 fully saturated rings. The summed E-state index contributed by atoms with van der Waals surface area (Å²) in [7, 11) is 1.61. The molecule has 7 heteroatoms. The number of nitrogens with one attached hydrogen (secondary N) is 3. The number of hydrogen-bond acceptors (Lipinski definition) is 4.